The van der Waals surface area contributed by atoms with Gasteiger partial charge in [0.15, 0.2) is 0 Å². The summed E-state index contributed by atoms with van der Waals surface area (Å²) in [5.41, 5.74) is 2.93. The second kappa shape index (κ2) is 9.44. The molecule has 1 saturated heterocycles. The van der Waals surface area contributed by atoms with E-state index in [9.17, 15) is 4.79 Å². The molecule has 25 heavy (non-hydrogen) atoms. The monoisotopic (exact) mass is 360 g/mol. The maximum Gasteiger partial charge on any atom is 0.338 e. The minimum absolute atomic E-state index is 0. The average Bonchev–Trinajstić information content (AvgIpc) is 2.64. The van der Waals surface area contributed by atoms with E-state index in [0.717, 1.165) is 38.2 Å². The number of likely N-dealkylation sites (tertiary alicyclic amines) is 1. The van der Waals surface area contributed by atoms with Crippen molar-refractivity contribution in [2.24, 2.45) is 0 Å². The SMILES string of the molecule is CNc1ccc(C(=O)OC2CCN(Cc3ccccc3)CC2)cc1.Cl. The highest BCUT2D eigenvalue weighted by atomic mass is 35.5. The van der Waals surface area contributed by atoms with E-state index in [2.05, 4.69) is 34.5 Å². The molecule has 1 aliphatic rings. The number of carbonyl (C=O) groups excluding carboxylic acids is 1. The molecule has 0 unspecified atom stereocenters. The number of nitrogens with zero attached hydrogens (tertiary/aromatic N) is 1. The van der Waals surface area contributed by atoms with Crippen molar-refractivity contribution in [3.8, 4) is 0 Å². The third kappa shape index (κ3) is 5.48. The standard InChI is InChI=1S/C20H24N2O2.ClH/c1-21-18-9-7-17(8-10-18)20(23)24-19-11-13-22(14-12-19)15-16-5-3-2-4-6-16;/h2-10,19,21H,11-15H2,1H3;1H. The molecule has 1 fully saturated rings. The van der Waals surface area contributed by atoms with Gasteiger partial charge in [-0.25, -0.2) is 4.79 Å². The number of esters is 1. The molecule has 0 aliphatic carbocycles. The summed E-state index contributed by atoms with van der Waals surface area (Å²) >= 11 is 0. The molecule has 2 aromatic rings. The largest absolute Gasteiger partial charge is 0.459 e. The van der Waals surface area contributed by atoms with Crippen LogP contribution in [0.25, 0.3) is 0 Å². The van der Waals surface area contributed by atoms with E-state index < -0.39 is 0 Å². The zero-order valence-electron chi connectivity index (χ0n) is 14.5. The van der Waals surface area contributed by atoms with E-state index in [1.807, 2.05) is 25.2 Å². The molecule has 3 rings (SSSR count). The quantitative estimate of drug-likeness (QED) is 0.819. The number of ether oxygens (including phenoxy) is 1. The molecule has 0 spiro atoms. The van der Waals surface area contributed by atoms with Crippen LogP contribution in [0.5, 0.6) is 0 Å². The Kier molecular flexibility index (Phi) is 7.29. The Labute approximate surface area is 155 Å². The smallest absolute Gasteiger partial charge is 0.338 e. The van der Waals surface area contributed by atoms with Crippen LogP contribution in [0.4, 0.5) is 5.69 Å². The number of halogens is 1. The normalized spacial score (nSPS) is 15.2. The molecule has 134 valence electrons. The third-order valence-corrected chi connectivity index (χ3v) is 4.47. The van der Waals surface area contributed by atoms with Gasteiger partial charge in [0.25, 0.3) is 0 Å². The maximum atomic E-state index is 12.2. The third-order valence-electron chi connectivity index (χ3n) is 4.47. The summed E-state index contributed by atoms with van der Waals surface area (Å²) < 4.78 is 5.66. The number of nitrogens with one attached hydrogen (secondary N) is 1. The van der Waals surface area contributed by atoms with Crippen LogP contribution in [0.1, 0.15) is 28.8 Å². The Morgan fingerprint density at radius 1 is 1.08 bits per heavy atom. The average molecular weight is 361 g/mol. The van der Waals surface area contributed by atoms with Gasteiger partial charge < -0.3 is 10.1 Å². The highest BCUT2D eigenvalue weighted by molar-refractivity contribution is 5.89. The summed E-state index contributed by atoms with van der Waals surface area (Å²) in [6.07, 6.45) is 1.81. The fourth-order valence-corrected chi connectivity index (χ4v) is 3.02. The lowest BCUT2D eigenvalue weighted by Gasteiger charge is -2.31. The van der Waals surface area contributed by atoms with Crippen molar-refractivity contribution in [3.05, 3.63) is 65.7 Å². The summed E-state index contributed by atoms with van der Waals surface area (Å²) in [5, 5.41) is 3.04. The zero-order chi connectivity index (χ0) is 16.8. The van der Waals surface area contributed by atoms with Crippen molar-refractivity contribution < 1.29 is 9.53 Å². The first-order valence-electron chi connectivity index (χ1n) is 8.49. The lowest BCUT2D eigenvalue weighted by Crippen LogP contribution is -2.37. The van der Waals surface area contributed by atoms with Gasteiger partial charge in [0, 0.05) is 32.4 Å². The van der Waals surface area contributed by atoms with Crippen LogP contribution in [0, 0.1) is 0 Å². The fourth-order valence-electron chi connectivity index (χ4n) is 3.02. The summed E-state index contributed by atoms with van der Waals surface area (Å²) in [6.45, 7) is 2.89. The van der Waals surface area contributed by atoms with Gasteiger partial charge in [-0.15, -0.1) is 12.4 Å². The van der Waals surface area contributed by atoms with Crippen LogP contribution in [0.3, 0.4) is 0 Å². The van der Waals surface area contributed by atoms with Crippen LogP contribution in [-0.2, 0) is 11.3 Å². The number of rotatable bonds is 5. The molecule has 0 saturated carbocycles. The molecule has 0 amide bonds. The molecule has 1 N–H and O–H groups in total. The Morgan fingerprint density at radius 2 is 1.72 bits per heavy atom. The highest BCUT2D eigenvalue weighted by Crippen LogP contribution is 2.18. The van der Waals surface area contributed by atoms with Gasteiger partial charge in [-0.05, 0) is 42.7 Å². The first-order chi connectivity index (χ1) is 11.7. The Bertz CT molecular complexity index is 653. The van der Waals surface area contributed by atoms with Crippen molar-refractivity contribution in [2.45, 2.75) is 25.5 Å². The van der Waals surface area contributed by atoms with Crippen LogP contribution in [0.2, 0.25) is 0 Å². The summed E-state index contributed by atoms with van der Waals surface area (Å²) in [6, 6.07) is 17.9. The minimum atomic E-state index is -0.223. The number of hydrogen-bond donors (Lipinski definition) is 1. The molecule has 2 aromatic carbocycles. The first kappa shape index (κ1) is 19.3. The van der Waals surface area contributed by atoms with Crippen LogP contribution in [0.15, 0.2) is 54.6 Å². The van der Waals surface area contributed by atoms with Gasteiger partial charge in [0.1, 0.15) is 6.10 Å². The minimum Gasteiger partial charge on any atom is -0.459 e. The number of benzene rings is 2. The van der Waals surface area contributed by atoms with E-state index in [-0.39, 0.29) is 24.5 Å². The number of hydrogen-bond acceptors (Lipinski definition) is 4. The lowest BCUT2D eigenvalue weighted by molar-refractivity contribution is 0.0104. The van der Waals surface area contributed by atoms with Gasteiger partial charge >= 0.3 is 5.97 Å². The molecule has 5 heteroatoms. The molecule has 1 aliphatic heterocycles. The van der Waals surface area contributed by atoms with Gasteiger partial charge in [0.2, 0.25) is 0 Å². The van der Waals surface area contributed by atoms with E-state index in [4.69, 9.17) is 4.74 Å². The molecular weight excluding hydrogens is 336 g/mol. The zero-order valence-corrected chi connectivity index (χ0v) is 15.3. The maximum absolute atomic E-state index is 12.2. The highest BCUT2D eigenvalue weighted by Gasteiger charge is 2.22. The Balaban J connectivity index is 0.00000225. The number of anilines is 1. The molecular formula is C20H25ClN2O2. The predicted octanol–water partition coefficient (Wildman–Crippen LogP) is 3.97. The summed E-state index contributed by atoms with van der Waals surface area (Å²) in [7, 11) is 1.86. The first-order valence-corrected chi connectivity index (χ1v) is 8.49. The van der Waals surface area contributed by atoms with E-state index in [1.54, 1.807) is 12.1 Å². The lowest BCUT2D eigenvalue weighted by atomic mass is 10.1. The van der Waals surface area contributed by atoms with E-state index in [1.165, 1.54) is 5.56 Å². The van der Waals surface area contributed by atoms with E-state index >= 15 is 0 Å². The molecule has 0 aromatic heterocycles. The topological polar surface area (TPSA) is 41.6 Å². The molecule has 4 nitrogen and oxygen atoms in total. The summed E-state index contributed by atoms with van der Waals surface area (Å²) in [5.74, 6) is -0.223. The van der Waals surface area contributed by atoms with Crippen molar-refractivity contribution in [1.82, 2.24) is 4.90 Å². The molecule has 1 heterocycles. The second-order valence-corrected chi connectivity index (χ2v) is 6.19. The Morgan fingerprint density at radius 3 is 2.32 bits per heavy atom. The van der Waals surface area contributed by atoms with Crippen molar-refractivity contribution >= 4 is 24.1 Å². The van der Waals surface area contributed by atoms with Crippen LogP contribution >= 0.6 is 12.4 Å². The fraction of sp³-hybridized carbons (Fsp3) is 0.350. The van der Waals surface area contributed by atoms with Crippen molar-refractivity contribution in [1.29, 1.82) is 0 Å². The Hall–Kier alpha value is -2.04. The van der Waals surface area contributed by atoms with Gasteiger partial charge in [-0.3, -0.25) is 4.90 Å². The van der Waals surface area contributed by atoms with E-state index in [0.29, 0.717) is 5.56 Å². The molecule has 0 atom stereocenters. The second-order valence-electron chi connectivity index (χ2n) is 6.19. The van der Waals surface area contributed by atoms with Gasteiger partial charge in [0.05, 0.1) is 5.56 Å². The number of piperidine rings is 1. The predicted molar refractivity (Wildman–Crippen MR) is 103 cm³/mol. The number of carbonyl (C=O) groups is 1. The van der Waals surface area contributed by atoms with Gasteiger partial charge in [-0.1, -0.05) is 30.3 Å². The van der Waals surface area contributed by atoms with Crippen molar-refractivity contribution in [3.63, 3.8) is 0 Å². The molecule has 0 bridgehead atoms. The van der Waals surface area contributed by atoms with Crippen LogP contribution in [-0.4, -0.2) is 37.1 Å². The van der Waals surface area contributed by atoms with Crippen LogP contribution < -0.4 is 5.32 Å². The van der Waals surface area contributed by atoms with Crippen molar-refractivity contribution in [2.75, 3.05) is 25.5 Å². The van der Waals surface area contributed by atoms with Gasteiger partial charge in [-0.2, -0.15) is 0 Å². The molecule has 0 radical (unpaired) electrons. The summed E-state index contributed by atoms with van der Waals surface area (Å²) in [4.78, 5) is 14.6.